The summed E-state index contributed by atoms with van der Waals surface area (Å²) in [6.45, 7) is 0.536. The van der Waals surface area contributed by atoms with Gasteiger partial charge in [0.15, 0.2) is 15.6 Å². The van der Waals surface area contributed by atoms with Crippen LogP contribution in [0.1, 0.15) is 16.1 Å². The van der Waals surface area contributed by atoms with Gasteiger partial charge in [0.05, 0.1) is 16.2 Å². The maximum atomic E-state index is 12.5. The topological polar surface area (TPSA) is 69.0 Å². The van der Waals surface area contributed by atoms with E-state index in [4.69, 9.17) is 23.2 Å². The maximum absolute atomic E-state index is 12.5. The van der Waals surface area contributed by atoms with E-state index < -0.39 is 21.4 Å². The number of hydrogen-bond donors (Lipinski definition) is 0. The van der Waals surface area contributed by atoms with E-state index in [2.05, 4.69) is 4.98 Å². The van der Waals surface area contributed by atoms with Crippen molar-refractivity contribution in [1.29, 1.82) is 0 Å². The van der Waals surface area contributed by atoms with Gasteiger partial charge in [0.25, 0.3) is 0 Å². The van der Waals surface area contributed by atoms with E-state index in [1.165, 1.54) is 30.7 Å². The van der Waals surface area contributed by atoms with Gasteiger partial charge in [0.1, 0.15) is 11.4 Å². The minimum atomic E-state index is -3.93. The molecule has 0 atom stereocenters. The Hall–Kier alpha value is -2.15. The first kappa shape index (κ1) is 18.6. The molecule has 3 aromatic rings. The molecule has 0 spiro atoms. The molecule has 0 amide bonds. The lowest BCUT2D eigenvalue weighted by molar-refractivity contribution is 0.101. The second-order valence-corrected chi connectivity index (χ2v) is 8.48. The molecule has 0 N–H and O–H groups in total. The summed E-state index contributed by atoms with van der Waals surface area (Å²) in [6, 6.07) is 13.8. The molecule has 0 saturated heterocycles. The van der Waals surface area contributed by atoms with Gasteiger partial charge in [-0.25, -0.2) is 13.4 Å². The van der Waals surface area contributed by atoms with Crippen LogP contribution in [0.2, 0.25) is 10.0 Å². The van der Waals surface area contributed by atoms with Crippen molar-refractivity contribution >= 4 is 38.8 Å². The molecule has 134 valence electrons. The number of halogens is 2. The molecule has 26 heavy (non-hydrogen) atoms. The number of carbonyl (C=O) groups is 1. The number of benzene rings is 2. The van der Waals surface area contributed by atoms with Crippen molar-refractivity contribution in [2.45, 2.75) is 11.4 Å². The van der Waals surface area contributed by atoms with Crippen LogP contribution in [-0.4, -0.2) is 29.5 Å². The Balaban J connectivity index is 1.77. The lowest BCUT2D eigenvalue weighted by atomic mass is 10.2. The third-order valence-corrected chi connectivity index (χ3v) is 6.00. The predicted molar refractivity (Wildman–Crippen MR) is 101 cm³/mol. The van der Waals surface area contributed by atoms with Gasteiger partial charge in [-0.1, -0.05) is 53.5 Å². The van der Waals surface area contributed by atoms with Crippen LogP contribution in [0.5, 0.6) is 0 Å². The average Bonchev–Trinajstić information content (AvgIpc) is 3.06. The van der Waals surface area contributed by atoms with Gasteiger partial charge in [0, 0.05) is 17.8 Å². The molecule has 0 fully saturated rings. The van der Waals surface area contributed by atoms with Crippen LogP contribution in [0.25, 0.3) is 0 Å². The molecule has 0 unspecified atom stereocenters. The Labute approximate surface area is 161 Å². The second kappa shape index (κ2) is 7.61. The lowest BCUT2D eigenvalue weighted by Crippen LogP contribution is -2.17. The number of nitrogens with zero attached hydrogens (tertiary/aromatic N) is 2. The first-order valence-electron chi connectivity index (χ1n) is 7.62. The highest BCUT2D eigenvalue weighted by Gasteiger charge is 2.24. The van der Waals surface area contributed by atoms with E-state index >= 15 is 0 Å². The standard InChI is InChI=1S/C18H14Cl2N2O3S/c19-14-6-7-15(20)18(8-14)26(24,25)11-17(23)16-10-22(12-21-16)9-13-4-2-1-3-5-13/h1-8,10,12H,9,11H2. The zero-order chi connectivity index (χ0) is 18.7. The summed E-state index contributed by atoms with van der Waals surface area (Å²) in [6.07, 6.45) is 3.03. The number of hydrogen-bond acceptors (Lipinski definition) is 4. The van der Waals surface area contributed by atoms with Crippen LogP contribution < -0.4 is 0 Å². The molecule has 8 heteroatoms. The molecular formula is C18H14Cl2N2O3S. The first-order chi connectivity index (χ1) is 12.3. The Bertz CT molecular complexity index is 1050. The van der Waals surface area contributed by atoms with Gasteiger partial charge in [-0.15, -0.1) is 0 Å². The van der Waals surface area contributed by atoms with Gasteiger partial charge in [-0.05, 0) is 23.8 Å². The van der Waals surface area contributed by atoms with Crippen molar-refractivity contribution < 1.29 is 13.2 Å². The zero-order valence-electron chi connectivity index (χ0n) is 13.5. The third kappa shape index (κ3) is 4.33. The van der Waals surface area contributed by atoms with Gasteiger partial charge < -0.3 is 4.57 Å². The Morgan fingerprint density at radius 3 is 2.54 bits per heavy atom. The van der Waals surface area contributed by atoms with Gasteiger partial charge in [-0.3, -0.25) is 4.79 Å². The minimum absolute atomic E-state index is 0.0248. The largest absolute Gasteiger partial charge is 0.332 e. The Kier molecular flexibility index (Phi) is 5.46. The van der Waals surface area contributed by atoms with Gasteiger partial charge in [-0.2, -0.15) is 0 Å². The number of imidazole rings is 1. The minimum Gasteiger partial charge on any atom is -0.332 e. The summed E-state index contributed by atoms with van der Waals surface area (Å²) in [7, 11) is -3.93. The predicted octanol–water partition coefficient (Wildman–Crippen LogP) is 3.89. The summed E-state index contributed by atoms with van der Waals surface area (Å²) in [5, 5.41) is 0.254. The fraction of sp³-hybridized carbons (Fsp3) is 0.111. The number of rotatable bonds is 6. The fourth-order valence-electron chi connectivity index (χ4n) is 2.42. The van der Waals surface area contributed by atoms with Gasteiger partial charge in [0.2, 0.25) is 0 Å². The van der Waals surface area contributed by atoms with Crippen LogP contribution in [0.15, 0.2) is 66.0 Å². The fourth-order valence-corrected chi connectivity index (χ4v) is 4.45. The molecule has 1 heterocycles. The summed E-state index contributed by atoms with van der Waals surface area (Å²) in [5.74, 6) is -1.33. The number of Topliss-reactive ketones (excluding diaryl/α,β-unsaturated/α-hetero) is 1. The van der Waals surface area contributed by atoms with E-state index in [1.54, 1.807) is 4.57 Å². The number of ketones is 1. The molecule has 0 aliphatic carbocycles. The lowest BCUT2D eigenvalue weighted by Gasteiger charge is -2.06. The van der Waals surface area contributed by atoms with E-state index in [0.29, 0.717) is 6.54 Å². The molecule has 0 saturated carbocycles. The molecule has 3 rings (SSSR count). The van der Waals surface area contributed by atoms with E-state index in [0.717, 1.165) is 5.56 Å². The van der Waals surface area contributed by atoms with Crippen molar-refractivity contribution in [2.75, 3.05) is 5.75 Å². The smallest absolute Gasteiger partial charge is 0.198 e. The average molecular weight is 409 g/mol. The molecular weight excluding hydrogens is 395 g/mol. The third-order valence-electron chi connectivity index (χ3n) is 3.68. The number of sulfone groups is 1. The summed E-state index contributed by atoms with van der Waals surface area (Å²) < 4.78 is 26.7. The number of aromatic nitrogens is 2. The van der Waals surface area contributed by atoms with Crippen molar-refractivity contribution in [2.24, 2.45) is 0 Å². The van der Waals surface area contributed by atoms with Crippen molar-refractivity contribution in [3.05, 3.63) is 82.4 Å². The molecule has 2 aromatic carbocycles. The summed E-state index contributed by atoms with van der Waals surface area (Å²) in [5.41, 5.74) is 1.13. The van der Waals surface area contributed by atoms with Crippen LogP contribution >= 0.6 is 23.2 Å². The molecule has 1 aromatic heterocycles. The first-order valence-corrected chi connectivity index (χ1v) is 10.0. The van der Waals surface area contributed by atoms with Crippen LogP contribution in [0, 0.1) is 0 Å². The Morgan fingerprint density at radius 1 is 1.08 bits per heavy atom. The van der Waals surface area contributed by atoms with Gasteiger partial charge >= 0.3 is 0 Å². The molecule has 5 nitrogen and oxygen atoms in total. The highest BCUT2D eigenvalue weighted by atomic mass is 35.5. The van der Waals surface area contributed by atoms with Crippen LogP contribution in [-0.2, 0) is 16.4 Å². The van der Waals surface area contributed by atoms with E-state index in [1.807, 2.05) is 30.3 Å². The Morgan fingerprint density at radius 2 is 1.81 bits per heavy atom. The summed E-state index contributed by atoms with van der Waals surface area (Å²) in [4.78, 5) is 16.2. The SMILES string of the molecule is O=C(CS(=O)(=O)c1cc(Cl)ccc1Cl)c1cn(Cc2ccccc2)cn1. The van der Waals surface area contributed by atoms with Crippen LogP contribution in [0.3, 0.4) is 0 Å². The monoisotopic (exact) mass is 408 g/mol. The quantitative estimate of drug-likeness (QED) is 0.580. The maximum Gasteiger partial charge on any atom is 0.198 e. The number of carbonyl (C=O) groups excluding carboxylic acids is 1. The summed E-state index contributed by atoms with van der Waals surface area (Å²) >= 11 is 11.8. The van der Waals surface area contributed by atoms with Crippen molar-refractivity contribution in [3.63, 3.8) is 0 Å². The molecule has 0 radical (unpaired) electrons. The van der Waals surface area contributed by atoms with Crippen LogP contribution in [0.4, 0.5) is 0 Å². The zero-order valence-corrected chi connectivity index (χ0v) is 15.8. The second-order valence-electron chi connectivity index (χ2n) is 5.67. The van der Waals surface area contributed by atoms with E-state index in [9.17, 15) is 13.2 Å². The van der Waals surface area contributed by atoms with E-state index in [-0.39, 0.29) is 20.6 Å². The molecule has 0 aliphatic heterocycles. The normalized spacial score (nSPS) is 11.5. The molecule has 0 bridgehead atoms. The highest BCUT2D eigenvalue weighted by molar-refractivity contribution is 7.92. The van der Waals surface area contributed by atoms with Crippen molar-refractivity contribution in [1.82, 2.24) is 9.55 Å². The van der Waals surface area contributed by atoms with Crippen molar-refractivity contribution in [3.8, 4) is 0 Å². The highest BCUT2D eigenvalue weighted by Crippen LogP contribution is 2.26. The molecule has 0 aliphatic rings.